The van der Waals surface area contributed by atoms with Gasteiger partial charge >= 0.3 is 7.12 Å². The predicted molar refractivity (Wildman–Crippen MR) is 167 cm³/mol. The van der Waals surface area contributed by atoms with Crippen LogP contribution in [0.1, 0.15) is 65.3 Å². The number of ether oxygens (including phenoxy) is 1. The molecule has 2 N–H and O–H groups in total. The first-order valence-electron chi connectivity index (χ1n) is 15.4. The molecule has 1 heterocycles. The number of benzene rings is 3. The van der Waals surface area contributed by atoms with Crippen molar-refractivity contribution < 1.29 is 33.5 Å². The predicted octanol–water partition coefficient (Wildman–Crippen LogP) is 7.08. The molecule has 44 heavy (non-hydrogen) atoms. The maximum atomic E-state index is 14.1. The van der Waals surface area contributed by atoms with E-state index in [1.807, 2.05) is 36.4 Å². The Morgan fingerprint density at radius 1 is 1.00 bits per heavy atom. The first-order valence-corrected chi connectivity index (χ1v) is 15.4. The Morgan fingerprint density at radius 3 is 2.45 bits per heavy atom. The highest BCUT2D eigenvalue weighted by Gasteiger charge is 2.53. The highest BCUT2D eigenvalue weighted by atomic mass is 19.1. The molecule has 0 amide bonds. The highest BCUT2D eigenvalue weighted by Crippen LogP contribution is 2.51. The highest BCUT2D eigenvalue weighted by molar-refractivity contribution is 6.43. The van der Waals surface area contributed by atoms with Crippen molar-refractivity contribution in [3.8, 4) is 11.5 Å². The summed E-state index contributed by atoms with van der Waals surface area (Å²) in [5, 5.41) is 20.6. The third kappa shape index (κ3) is 6.01. The monoisotopic (exact) mass is 594 g/mol. The zero-order valence-electron chi connectivity index (χ0n) is 24.7. The molecule has 1 saturated heterocycles. The number of phenols is 1. The van der Waals surface area contributed by atoms with Gasteiger partial charge in [0.15, 0.2) is 23.1 Å². The van der Waals surface area contributed by atoms with Crippen molar-refractivity contribution in [3.05, 3.63) is 112 Å². The summed E-state index contributed by atoms with van der Waals surface area (Å²) >= 11 is 0. The maximum Gasteiger partial charge on any atom is 0.455 e. The van der Waals surface area contributed by atoms with Gasteiger partial charge in [0.25, 0.3) is 0 Å². The number of Topliss-reactive ketones (excluding diaryl/α,β-unsaturated/α-hetero) is 2. The van der Waals surface area contributed by atoms with Crippen LogP contribution in [0.4, 0.5) is 4.39 Å². The number of ketones is 2. The molecule has 0 bridgehead atoms. The molecular weight excluding hydrogens is 558 g/mol. The van der Waals surface area contributed by atoms with Crippen LogP contribution in [0, 0.1) is 23.6 Å². The molecule has 226 valence electrons. The summed E-state index contributed by atoms with van der Waals surface area (Å²) in [5.74, 6) is -1.89. The minimum Gasteiger partial charge on any atom is -0.505 e. The average molecular weight is 594 g/mol. The lowest BCUT2D eigenvalue weighted by molar-refractivity contribution is 0.0592. The minimum absolute atomic E-state index is 0.0340. The van der Waals surface area contributed by atoms with Gasteiger partial charge in [0.1, 0.15) is 12.4 Å². The van der Waals surface area contributed by atoms with Gasteiger partial charge in [-0.25, -0.2) is 4.39 Å². The Hall–Kier alpha value is -4.01. The normalized spacial score (nSPS) is 23.2. The number of carbonyl (C=O) groups excluding carboxylic acids is 2. The Morgan fingerprint density at radius 2 is 1.73 bits per heavy atom. The van der Waals surface area contributed by atoms with Crippen LogP contribution in [-0.2, 0) is 4.65 Å². The van der Waals surface area contributed by atoms with Gasteiger partial charge in [-0.2, -0.15) is 0 Å². The number of aromatic hydroxyl groups is 1. The van der Waals surface area contributed by atoms with Crippen molar-refractivity contribution in [1.29, 1.82) is 0 Å². The van der Waals surface area contributed by atoms with E-state index in [-0.39, 0.29) is 36.2 Å². The number of rotatable bonds is 9. The van der Waals surface area contributed by atoms with Gasteiger partial charge < -0.3 is 19.5 Å². The second-order valence-electron chi connectivity index (χ2n) is 12.0. The number of carbonyl (C=O) groups is 2. The van der Waals surface area contributed by atoms with Crippen LogP contribution in [0.15, 0.2) is 89.5 Å². The fourth-order valence-corrected chi connectivity index (χ4v) is 7.24. The number of hydrogen-bond acceptors (Lipinski definition) is 6. The quantitative estimate of drug-likeness (QED) is 0.203. The number of halogens is 1. The third-order valence-corrected chi connectivity index (χ3v) is 9.16. The molecule has 4 atom stereocenters. The van der Waals surface area contributed by atoms with Crippen LogP contribution >= 0.6 is 0 Å². The molecule has 0 spiro atoms. The molecule has 1 aliphatic heterocycles. The van der Waals surface area contributed by atoms with Gasteiger partial charge in [0.2, 0.25) is 0 Å². The smallest absolute Gasteiger partial charge is 0.455 e. The van der Waals surface area contributed by atoms with E-state index in [9.17, 15) is 24.1 Å². The lowest BCUT2D eigenvalue weighted by Crippen LogP contribution is -2.51. The number of para-hydroxylation sites is 1. The second-order valence-corrected chi connectivity index (χ2v) is 12.0. The molecule has 8 heteroatoms. The molecule has 6 rings (SSSR count). The second kappa shape index (κ2) is 12.9. The van der Waals surface area contributed by atoms with E-state index < -0.39 is 30.9 Å². The molecule has 3 aromatic carbocycles. The molecule has 0 saturated carbocycles. The van der Waals surface area contributed by atoms with Gasteiger partial charge in [-0.1, -0.05) is 73.5 Å². The van der Waals surface area contributed by atoms with Gasteiger partial charge in [-0.3, -0.25) is 9.59 Å². The van der Waals surface area contributed by atoms with Crippen molar-refractivity contribution >= 4 is 24.8 Å². The summed E-state index contributed by atoms with van der Waals surface area (Å²) in [5.41, 5.74) is 4.57. The number of allylic oxidation sites excluding steroid dienone is 1. The van der Waals surface area contributed by atoms with Crippen LogP contribution in [0.5, 0.6) is 11.5 Å². The SMILES string of the molecule is CCC/C(=C\c1ccc(O)c(F)c1)CC[C@H]1OB(O)C[C@H]2C1=C(COc1ccccc1)C[C@H]1C(=O)c3ccccc3C(=O)[C@H]12. The molecule has 0 radical (unpaired) electrons. The fraction of sp³-hybridized carbons (Fsp3) is 0.333. The van der Waals surface area contributed by atoms with Crippen molar-refractivity contribution in [1.82, 2.24) is 0 Å². The molecular formula is C36H36BFO6. The van der Waals surface area contributed by atoms with Crippen molar-refractivity contribution in [3.63, 3.8) is 0 Å². The van der Waals surface area contributed by atoms with Crippen LogP contribution in [-0.4, -0.2) is 41.5 Å². The summed E-state index contributed by atoms with van der Waals surface area (Å²) in [6.07, 6.45) is 4.93. The Bertz CT molecular complexity index is 1620. The standard InChI is InChI=1S/C36H36BFO6/c1-2-8-22(17-23-13-15-31(39)30(38)18-23)14-16-32-33-24(21-43-25-9-4-3-5-10-25)19-28-34(29(33)20-37(42)44-32)36(41)27-12-7-6-11-26(27)35(28)40/h3-7,9-13,15,17-18,28-29,32,34,39,42H,2,8,14,16,19-21H2,1H3/b22-17+/t28-,29+,32-,34-/m1/s1. The van der Waals surface area contributed by atoms with E-state index in [1.165, 1.54) is 12.1 Å². The molecule has 3 aromatic rings. The summed E-state index contributed by atoms with van der Waals surface area (Å²) in [6, 6.07) is 20.8. The summed E-state index contributed by atoms with van der Waals surface area (Å²) in [7, 11) is -1.08. The number of phenolic OH excluding ortho intramolecular Hbond substituents is 1. The van der Waals surface area contributed by atoms with E-state index >= 15 is 0 Å². The summed E-state index contributed by atoms with van der Waals surface area (Å²) in [6.45, 7) is 2.33. The van der Waals surface area contributed by atoms with E-state index in [4.69, 9.17) is 9.39 Å². The van der Waals surface area contributed by atoms with Gasteiger partial charge in [-0.05, 0) is 78.9 Å². The van der Waals surface area contributed by atoms with Gasteiger partial charge in [0, 0.05) is 23.0 Å². The number of fused-ring (bicyclic) bond motifs is 4. The van der Waals surface area contributed by atoms with Crippen LogP contribution < -0.4 is 4.74 Å². The van der Waals surface area contributed by atoms with E-state index in [2.05, 4.69) is 6.92 Å². The largest absolute Gasteiger partial charge is 0.505 e. The van der Waals surface area contributed by atoms with E-state index in [0.29, 0.717) is 41.7 Å². The molecule has 3 aliphatic rings. The molecule has 0 aromatic heterocycles. The lowest BCUT2D eigenvalue weighted by Gasteiger charge is -2.47. The first kappa shape index (κ1) is 30.0. The van der Waals surface area contributed by atoms with E-state index in [1.54, 1.807) is 30.3 Å². The summed E-state index contributed by atoms with van der Waals surface area (Å²) in [4.78, 5) is 27.8. The fourth-order valence-electron chi connectivity index (χ4n) is 7.24. The van der Waals surface area contributed by atoms with Crippen LogP contribution in [0.3, 0.4) is 0 Å². The first-order chi connectivity index (χ1) is 21.3. The van der Waals surface area contributed by atoms with Crippen molar-refractivity contribution in [2.24, 2.45) is 17.8 Å². The van der Waals surface area contributed by atoms with Gasteiger partial charge in [0.05, 0.1) is 6.10 Å². The zero-order chi connectivity index (χ0) is 30.8. The van der Waals surface area contributed by atoms with Crippen LogP contribution in [0.25, 0.3) is 6.08 Å². The lowest BCUT2D eigenvalue weighted by atomic mass is 9.54. The Kier molecular flexibility index (Phi) is 8.82. The summed E-state index contributed by atoms with van der Waals surface area (Å²) < 4.78 is 26.4. The zero-order valence-corrected chi connectivity index (χ0v) is 24.7. The Labute approximate surface area is 257 Å². The minimum atomic E-state index is -1.08. The number of hydrogen-bond donors (Lipinski definition) is 2. The molecule has 0 unspecified atom stereocenters. The van der Waals surface area contributed by atoms with Crippen molar-refractivity contribution in [2.75, 3.05) is 6.61 Å². The topological polar surface area (TPSA) is 93.1 Å². The average Bonchev–Trinajstić information content (AvgIpc) is 3.03. The molecule has 2 aliphatic carbocycles. The maximum absolute atomic E-state index is 14.1. The molecule has 6 nitrogen and oxygen atoms in total. The Balaban J connectivity index is 1.35. The van der Waals surface area contributed by atoms with Gasteiger partial charge in [-0.15, -0.1) is 0 Å². The van der Waals surface area contributed by atoms with E-state index in [0.717, 1.165) is 29.6 Å². The van der Waals surface area contributed by atoms with Crippen LogP contribution in [0.2, 0.25) is 6.32 Å². The van der Waals surface area contributed by atoms with Crippen molar-refractivity contribution in [2.45, 2.75) is 51.5 Å². The molecule has 1 fully saturated rings. The third-order valence-electron chi connectivity index (χ3n) is 9.16.